The third-order valence-electron chi connectivity index (χ3n) is 3.13. The summed E-state index contributed by atoms with van der Waals surface area (Å²) < 4.78 is 18.9. The van der Waals surface area contributed by atoms with E-state index in [9.17, 15) is 14.3 Å². The molecule has 6 heteroatoms. The zero-order valence-electron chi connectivity index (χ0n) is 12.5. The lowest BCUT2D eigenvalue weighted by molar-refractivity contribution is 0.0529. The molecular formula is C15H19FN2O3. The molecule has 0 unspecified atom stereocenters. The number of benzene rings is 1. The molecule has 0 bridgehead atoms. The monoisotopic (exact) mass is 294 g/mol. The molecule has 2 N–H and O–H groups in total. The van der Waals surface area contributed by atoms with E-state index in [1.165, 1.54) is 12.1 Å². The van der Waals surface area contributed by atoms with Gasteiger partial charge in [0, 0.05) is 11.1 Å². The molecule has 0 aromatic heterocycles. The SMILES string of the molecule is C[C@@H]1C/C(=N\NC(=O)OC(C)(C)C)c2c(O)ccc(F)c21. The zero-order valence-corrected chi connectivity index (χ0v) is 12.5. The number of carbonyl (C=O) groups is 1. The molecule has 21 heavy (non-hydrogen) atoms. The van der Waals surface area contributed by atoms with Crippen molar-refractivity contribution in [3.05, 3.63) is 29.1 Å². The first-order valence-corrected chi connectivity index (χ1v) is 6.76. The number of phenolic OH excluding ortho intramolecular Hbond substituents is 1. The van der Waals surface area contributed by atoms with Gasteiger partial charge in [0.15, 0.2) is 0 Å². The quantitative estimate of drug-likeness (QED) is 0.781. The Morgan fingerprint density at radius 2 is 2.14 bits per heavy atom. The van der Waals surface area contributed by atoms with E-state index in [4.69, 9.17) is 4.74 Å². The maximum Gasteiger partial charge on any atom is 0.428 e. The van der Waals surface area contributed by atoms with Crippen LogP contribution in [0.3, 0.4) is 0 Å². The molecule has 1 aromatic rings. The maximum absolute atomic E-state index is 13.8. The number of aromatic hydroxyl groups is 1. The minimum atomic E-state index is -0.688. The number of fused-ring (bicyclic) bond motifs is 1. The number of nitrogens with zero attached hydrogens (tertiary/aromatic N) is 1. The van der Waals surface area contributed by atoms with Crippen LogP contribution in [0.5, 0.6) is 5.75 Å². The highest BCUT2D eigenvalue weighted by molar-refractivity contribution is 6.07. The average molecular weight is 294 g/mol. The summed E-state index contributed by atoms with van der Waals surface area (Å²) in [6.07, 6.45) is -0.244. The molecule has 0 spiro atoms. The first-order chi connectivity index (χ1) is 9.69. The van der Waals surface area contributed by atoms with Crippen molar-refractivity contribution in [3.63, 3.8) is 0 Å². The van der Waals surface area contributed by atoms with Gasteiger partial charge in [-0.25, -0.2) is 14.6 Å². The third-order valence-corrected chi connectivity index (χ3v) is 3.13. The summed E-state index contributed by atoms with van der Waals surface area (Å²) in [7, 11) is 0. The van der Waals surface area contributed by atoms with Crippen molar-refractivity contribution < 1.29 is 19.0 Å². The van der Waals surface area contributed by atoms with E-state index in [-0.39, 0.29) is 17.5 Å². The van der Waals surface area contributed by atoms with Gasteiger partial charge in [-0.15, -0.1) is 0 Å². The highest BCUT2D eigenvalue weighted by Crippen LogP contribution is 2.39. The zero-order chi connectivity index (χ0) is 15.8. The topological polar surface area (TPSA) is 70.9 Å². The van der Waals surface area contributed by atoms with E-state index in [2.05, 4.69) is 10.5 Å². The standard InChI is InChI=1S/C15H19FN2O3/c1-8-7-10(17-18-14(20)21-15(2,3)4)13-11(19)6-5-9(16)12(8)13/h5-6,8,19H,7H2,1-4H3,(H,18,20)/b17-10+/t8-/m1/s1. The first-order valence-electron chi connectivity index (χ1n) is 6.76. The van der Waals surface area contributed by atoms with Crippen LogP contribution in [0.1, 0.15) is 51.2 Å². The van der Waals surface area contributed by atoms with Crippen LogP contribution in [0.2, 0.25) is 0 Å². The Morgan fingerprint density at radius 1 is 1.48 bits per heavy atom. The van der Waals surface area contributed by atoms with Gasteiger partial charge in [-0.2, -0.15) is 5.10 Å². The number of hydrogen-bond donors (Lipinski definition) is 2. The minimum absolute atomic E-state index is 0.0412. The van der Waals surface area contributed by atoms with Crippen molar-refractivity contribution >= 4 is 11.8 Å². The lowest BCUT2D eigenvalue weighted by Gasteiger charge is -2.18. The van der Waals surface area contributed by atoms with Gasteiger partial charge in [0.05, 0.1) is 5.71 Å². The van der Waals surface area contributed by atoms with Crippen molar-refractivity contribution in [3.8, 4) is 5.75 Å². The van der Waals surface area contributed by atoms with Crippen LogP contribution >= 0.6 is 0 Å². The largest absolute Gasteiger partial charge is 0.507 e. The molecule has 1 aliphatic carbocycles. The van der Waals surface area contributed by atoms with Gasteiger partial charge in [-0.1, -0.05) is 6.92 Å². The molecule has 0 saturated heterocycles. The summed E-state index contributed by atoms with van der Waals surface area (Å²) in [6, 6.07) is 2.52. The fourth-order valence-electron chi connectivity index (χ4n) is 2.38. The second-order valence-electron chi connectivity index (χ2n) is 6.13. The van der Waals surface area contributed by atoms with Crippen LogP contribution in [0.25, 0.3) is 0 Å². The first kappa shape index (κ1) is 15.3. The van der Waals surface area contributed by atoms with Gasteiger partial charge in [0.2, 0.25) is 0 Å². The second kappa shape index (κ2) is 5.35. The fraction of sp³-hybridized carbons (Fsp3) is 0.467. The summed E-state index contributed by atoms with van der Waals surface area (Å²) in [6.45, 7) is 7.08. The number of nitrogens with one attached hydrogen (secondary N) is 1. The van der Waals surface area contributed by atoms with E-state index >= 15 is 0 Å². The Hall–Kier alpha value is -2.11. The molecule has 1 aromatic carbocycles. The van der Waals surface area contributed by atoms with Crippen molar-refractivity contribution in [2.24, 2.45) is 5.10 Å². The molecule has 0 saturated carbocycles. The van der Waals surface area contributed by atoms with Crippen molar-refractivity contribution in [2.45, 2.75) is 45.6 Å². The molecule has 0 aliphatic heterocycles. The lowest BCUT2D eigenvalue weighted by atomic mass is 10.0. The minimum Gasteiger partial charge on any atom is -0.507 e. The van der Waals surface area contributed by atoms with E-state index in [1.807, 2.05) is 6.92 Å². The summed E-state index contributed by atoms with van der Waals surface area (Å²) >= 11 is 0. The van der Waals surface area contributed by atoms with Crippen LogP contribution in [0.4, 0.5) is 9.18 Å². The number of hydrogen-bond acceptors (Lipinski definition) is 4. The molecular weight excluding hydrogens is 275 g/mol. The van der Waals surface area contributed by atoms with E-state index in [0.717, 1.165) is 0 Å². The van der Waals surface area contributed by atoms with Crippen molar-refractivity contribution in [1.29, 1.82) is 0 Å². The summed E-state index contributed by atoms with van der Waals surface area (Å²) in [4.78, 5) is 11.6. The normalized spacial score (nSPS) is 19.5. The Balaban J connectivity index is 2.23. The number of halogens is 1. The second-order valence-corrected chi connectivity index (χ2v) is 6.13. The smallest absolute Gasteiger partial charge is 0.428 e. The molecule has 0 radical (unpaired) electrons. The van der Waals surface area contributed by atoms with E-state index in [0.29, 0.717) is 23.3 Å². The average Bonchev–Trinajstić information content (AvgIpc) is 2.68. The maximum atomic E-state index is 13.8. The van der Waals surface area contributed by atoms with Crippen molar-refractivity contribution in [2.75, 3.05) is 0 Å². The van der Waals surface area contributed by atoms with Gasteiger partial charge in [-0.05, 0) is 45.2 Å². The number of carbonyl (C=O) groups excluding carboxylic acids is 1. The molecule has 0 fully saturated rings. The molecule has 0 heterocycles. The Bertz CT molecular complexity index is 606. The molecule has 2 rings (SSSR count). The van der Waals surface area contributed by atoms with E-state index in [1.54, 1.807) is 20.8 Å². The lowest BCUT2D eigenvalue weighted by Crippen LogP contribution is -2.30. The Kier molecular flexibility index (Phi) is 3.89. The number of phenols is 1. The highest BCUT2D eigenvalue weighted by atomic mass is 19.1. The van der Waals surface area contributed by atoms with Crippen LogP contribution in [0, 0.1) is 5.82 Å². The van der Waals surface area contributed by atoms with E-state index < -0.39 is 11.7 Å². The summed E-state index contributed by atoms with van der Waals surface area (Å²) in [5, 5.41) is 13.9. The van der Waals surface area contributed by atoms with Gasteiger partial charge in [0.25, 0.3) is 0 Å². The van der Waals surface area contributed by atoms with Crippen molar-refractivity contribution in [1.82, 2.24) is 5.43 Å². The van der Waals surface area contributed by atoms with Gasteiger partial charge >= 0.3 is 6.09 Å². The number of rotatable bonds is 1. The van der Waals surface area contributed by atoms with Crippen LogP contribution in [0.15, 0.2) is 17.2 Å². The van der Waals surface area contributed by atoms with Crippen LogP contribution in [-0.4, -0.2) is 22.5 Å². The molecule has 1 atom stereocenters. The number of amides is 1. The molecule has 1 amide bonds. The highest BCUT2D eigenvalue weighted by Gasteiger charge is 2.31. The number of ether oxygens (including phenoxy) is 1. The fourth-order valence-corrected chi connectivity index (χ4v) is 2.38. The predicted molar refractivity (Wildman–Crippen MR) is 77.0 cm³/mol. The Labute approximate surface area is 122 Å². The van der Waals surface area contributed by atoms with Gasteiger partial charge < -0.3 is 9.84 Å². The summed E-state index contributed by atoms with van der Waals surface area (Å²) in [5.41, 5.74) is 2.89. The predicted octanol–water partition coefficient (Wildman–Crippen LogP) is 3.27. The molecule has 114 valence electrons. The van der Waals surface area contributed by atoms with Crippen LogP contribution < -0.4 is 5.43 Å². The Morgan fingerprint density at radius 3 is 2.76 bits per heavy atom. The summed E-state index contributed by atoms with van der Waals surface area (Å²) in [5.74, 6) is -0.524. The number of hydrazone groups is 1. The van der Waals surface area contributed by atoms with Gasteiger partial charge in [-0.3, -0.25) is 0 Å². The molecule has 5 nitrogen and oxygen atoms in total. The van der Waals surface area contributed by atoms with Gasteiger partial charge in [0.1, 0.15) is 17.2 Å². The molecule has 1 aliphatic rings. The third kappa shape index (κ3) is 3.32. The van der Waals surface area contributed by atoms with Crippen LogP contribution in [-0.2, 0) is 4.74 Å².